The van der Waals surface area contributed by atoms with Gasteiger partial charge in [-0.05, 0) is 43.3 Å². The third-order valence-electron chi connectivity index (χ3n) is 5.32. The largest absolute Gasteiger partial charge is 0.497 e. The minimum absolute atomic E-state index is 0.0407. The highest BCUT2D eigenvalue weighted by atomic mass is 32.1. The van der Waals surface area contributed by atoms with E-state index in [9.17, 15) is 14.4 Å². The maximum Gasteiger partial charge on any atom is 0.359 e. The molecule has 4 rings (SSSR count). The third kappa shape index (κ3) is 4.60. The first-order valence-corrected chi connectivity index (χ1v) is 11.7. The second-order valence-corrected chi connectivity index (χ2v) is 8.24. The predicted molar refractivity (Wildman–Crippen MR) is 135 cm³/mol. The number of methoxy groups -OCH3 is 3. The molecule has 10 nitrogen and oxygen atoms in total. The molecule has 2 aromatic carbocycles. The minimum Gasteiger partial charge on any atom is -0.497 e. The molecule has 0 aliphatic heterocycles. The average molecular weight is 510 g/mol. The number of nitrogens with zero attached hydrogens (tertiary/aromatic N) is 2. The van der Waals surface area contributed by atoms with E-state index < -0.39 is 17.4 Å². The summed E-state index contributed by atoms with van der Waals surface area (Å²) in [7, 11) is 4.48. The first kappa shape index (κ1) is 24.7. The van der Waals surface area contributed by atoms with Gasteiger partial charge in [-0.25, -0.2) is 4.79 Å². The molecule has 11 heteroatoms. The molecule has 0 fully saturated rings. The zero-order valence-electron chi connectivity index (χ0n) is 20.0. The molecule has 0 unspecified atom stereocenters. The van der Waals surface area contributed by atoms with E-state index in [1.54, 1.807) is 54.8 Å². The van der Waals surface area contributed by atoms with E-state index in [1.165, 1.54) is 21.3 Å². The van der Waals surface area contributed by atoms with Gasteiger partial charge >= 0.3 is 5.97 Å². The summed E-state index contributed by atoms with van der Waals surface area (Å²) < 4.78 is 22.0. The molecule has 4 aromatic rings. The van der Waals surface area contributed by atoms with Gasteiger partial charge in [-0.15, -0.1) is 11.3 Å². The highest BCUT2D eigenvalue weighted by molar-refractivity contribution is 7.16. The van der Waals surface area contributed by atoms with E-state index in [-0.39, 0.29) is 33.6 Å². The Morgan fingerprint density at radius 1 is 1.00 bits per heavy atom. The summed E-state index contributed by atoms with van der Waals surface area (Å²) in [5.74, 6) is 0.241. The van der Waals surface area contributed by atoms with Crippen molar-refractivity contribution in [3.05, 3.63) is 69.5 Å². The summed E-state index contributed by atoms with van der Waals surface area (Å²) in [6, 6.07) is 11.4. The van der Waals surface area contributed by atoms with Gasteiger partial charge in [-0.2, -0.15) is 9.78 Å². The first-order chi connectivity index (χ1) is 17.4. The van der Waals surface area contributed by atoms with Crippen molar-refractivity contribution in [2.45, 2.75) is 6.92 Å². The third-order valence-corrected chi connectivity index (χ3v) is 6.21. The van der Waals surface area contributed by atoms with Gasteiger partial charge in [0.05, 0.1) is 44.6 Å². The van der Waals surface area contributed by atoms with Crippen LogP contribution in [0.2, 0.25) is 0 Å². The lowest BCUT2D eigenvalue weighted by molar-refractivity contribution is 0.0520. The molecule has 0 spiro atoms. The number of esters is 1. The van der Waals surface area contributed by atoms with Gasteiger partial charge in [-0.1, -0.05) is 0 Å². The van der Waals surface area contributed by atoms with Gasteiger partial charge in [0.25, 0.3) is 11.5 Å². The number of aromatic nitrogens is 2. The van der Waals surface area contributed by atoms with Crippen molar-refractivity contribution in [3.63, 3.8) is 0 Å². The van der Waals surface area contributed by atoms with Crippen molar-refractivity contribution >= 4 is 39.0 Å². The van der Waals surface area contributed by atoms with Crippen LogP contribution < -0.4 is 25.1 Å². The molecule has 0 atom stereocenters. The lowest BCUT2D eigenvalue weighted by Crippen LogP contribution is -2.25. The predicted octanol–water partition coefficient (Wildman–Crippen LogP) is 3.90. The van der Waals surface area contributed by atoms with Crippen LogP contribution in [0.3, 0.4) is 0 Å². The van der Waals surface area contributed by atoms with Crippen LogP contribution in [0.1, 0.15) is 27.8 Å². The molecular formula is C25H23N3O7S. The van der Waals surface area contributed by atoms with Crippen molar-refractivity contribution in [2.75, 3.05) is 33.3 Å². The number of thiophene rings is 1. The van der Waals surface area contributed by atoms with E-state index in [1.807, 2.05) is 0 Å². The van der Waals surface area contributed by atoms with Gasteiger partial charge < -0.3 is 24.3 Å². The molecular weight excluding hydrogens is 486 g/mol. The van der Waals surface area contributed by atoms with Crippen LogP contribution in [0.4, 0.5) is 5.00 Å². The highest BCUT2D eigenvalue weighted by Gasteiger charge is 2.24. The van der Waals surface area contributed by atoms with Gasteiger partial charge in [0.1, 0.15) is 22.2 Å². The quantitative estimate of drug-likeness (QED) is 0.355. The summed E-state index contributed by atoms with van der Waals surface area (Å²) in [6.07, 6.45) is 0. The van der Waals surface area contributed by atoms with Crippen LogP contribution in [-0.4, -0.2) is 49.6 Å². The first-order valence-electron chi connectivity index (χ1n) is 10.8. The number of carbonyl (C=O) groups excluding carboxylic acids is 2. The molecule has 1 N–H and O–H groups in total. The molecule has 0 aliphatic carbocycles. The van der Waals surface area contributed by atoms with E-state index in [0.29, 0.717) is 22.9 Å². The second kappa shape index (κ2) is 10.5. The summed E-state index contributed by atoms with van der Waals surface area (Å²) in [6.45, 7) is 1.81. The second-order valence-electron chi connectivity index (χ2n) is 7.36. The Hall–Kier alpha value is -4.38. The molecule has 186 valence electrons. The van der Waals surface area contributed by atoms with E-state index in [2.05, 4.69) is 10.4 Å². The lowest BCUT2D eigenvalue weighted by Gasteiger charge is -2.12. The summed E-state index contributed by atoms with van der Waals surface area (Å²) in [4.78, 5) is 39.4. The van der Waals surface area contributed by atoms with E-state index >= 15 is 0 Å². The Morgan fingerprint density at radius 2 is 1.69 bits per heavy atom. The van der Waals surface area contributed by atoms with E-state index in [0.717, 1.165) is 16.0 Å². The number of benzene rings is 2. The van der Waals surface area contributed by atoms with Crippen LogP contribution in [0.5, 0.6) is 17.2 Å². The smallest absolute Gasteiger partial charge is 0.359 e. The van der Waals surface area contributed by atoms with E-state index in [4.69, 9.17) is 18.9 Å². The maximum absolute atomic E-state index is 13.6. The van der Waals surface area contributed by atoms with Crippen molar-refractivity contribution in [1.82, 2.24) is 9.78 Å². The Kier molecular flexibility index (Phi) is 7.20. The molecule has 2 aromatic heterocycles. The van der Waals surface area contributed by atoms with Gasteiger partial charge in [-0.3, -0.25) is 9.59 Å². The number of amides is 1. The monoisotopic (exact) mass is 509 g/mol. The van der Waals surface area contributed by atoms with Crippen LogP contribution in [0.25, 0.3) is 16.5 Å². The standard InChI is InChI=1S/C25H23N3O7S/c1-5-35-25(31)21-18-13-36-23(26-22(29)17-11-10-16(33-3)12-19(17)34-4)20(18)24(30)28(27-21)14-6-8-15(32-2)9-7-14/h6-13H,5H2,1-4H3,(H,26,29). The highest BCUT2D eigenvalue weighted by Crippen LogP contribution is 2.32. The molecule has 0 bridgehead atoms. The molecule has 2 heterocycles. The summed E-state index contributed by atoms with van der Waals surface area (Å²) in [5, 5.41) is 9.33. The molecule has 0 radical (unpaired) electrons. The number of carbonyl (C=O) groups is 2. The van der Waals surface area contributed by atoms with Gasteiger partial charge in [0.15, 0.2) is 5.69 Å². The van der Waals surface area contributed by atoms with Gasteiger partial charge in [0.2, 0.25) is 0 Å². The number of fused-ring (bicyclic) bond motifs is 1. The summed E-state index contributed by atoms with van der Waals surface area (Å²) >= 11 is 1.10. The van der Waals surface area contributed by atoms with Crippen LogP contribution in [-0.2, 0) is 4.74 Å². The van der Waals surface area contributed by atoms with Crippen molar-refractivity contribution in [1.29, 1.82) is 0 Å². The van der Waals surface area contributed by atoms with Crippen LogP contribution >= 0.6 is 11.3 Å². The average Bonchev–Trinajstić information content (AvgIpc) is 3.32. The molecule has 1 amide bonds. The zero-order chi connectivity index (χ0) is 25.8. The SMILES string of the molecule is CCOC(=O)c1nn(-c2ccc(OC)cc2)c(=O)c2c(NC(=O)c3ccc(OC)cc3OC)scc12. The van der Waals surface area contributed by atoms with Crippen molar-refractivity contribution in [3.8, 4) is 22.9 Å². The Balaban J connectivity index is 1.85. The molecule has 0 aliphatic rings. The fraction of sp³-hybridized carbons (Fsp3) is 0.200. The zero-order valence-corrected chi connectivity index (χ0v) is 20.8. The Labute approximate surface area is 210 Å². The number of anilines is 1. The number of ether oxygens (including phenoxy) is 4. The molecule has 0 saturated heterocycles. The van der Waals surface area contributed by atoms with Gasteiger partial charge in [0, 0.05) is 16.8 Å². The van der Waals surface area contributed by atoms with Crippen molar-refractivity contribution < 1.29 is 28.5 Å². The normalized spacial score (nSPS) is 10.7. The number of nitrogens with one attached hydrogen (secondary N) is 1. The van der Waals surface area contributed by atoms with Crippen LogP contribution in [0, 0.1) is 0 Å². The topological polar surface area (TPSA) is 118 Å². The Morgan fingerprint density at radius 3 is 2.33 bits per heavy atom. The number of hydrogen-bond donors (Lipinski definition) is 1. The fourth-order valence-corrected chi connectivity index (χ4v) is 4.48. The minimum atomic E-state index is -0.683. The number of hydrogen-bond acceptors (Lipinski definition) is 9. The lowest BCUT2D eigenvalue weighted by atomic mass is 10.1. The van der Waals surface area contributed by atoms with Crippen LogP contribution in [0.15, 0.2) is 52.6 Å². The maximum atomic E-state index is 13.6. The fourth-order valence-electron chi connectivity index (χ4n) is 3.55. The van der Waals surface area contributed by atoms with Crippen molar-refractivity contribution in [2.24, 2.45) is 0 Å². The molecule has 36 heavy (non-hydrogen) atoms. The summed E-state index contributed by atoms with van der Waals surface area (Å²) in [5.41, 5.74) is 0.103. The Bertz CT molecular complexity index is 1490. The number of rotatable bonds is 8. The molecule has 0 saturated carbocycles.